The minimum absolute atomic E-state index is 0.123. The monoisotopic (exact) mass is 277 g/mol. The van der Waals surface area contributed by atoms with E-state index in [0.29, 0.717) is 0 Å². The van der Waals surface area contributed by atoms with Crippen molar-refractivity contribution in [3.63, 3.8) is 0 Å². The van der Waals surface area contributed by atoms with E-state index >= 15 is 0 Å². The Morgan fingerprint density at radius 2 is 2.25 bits per heavy atom. The van der Waals surface area contributed by atoms with Gasteiger partial charge in [0.1, 0.15) is 5.82 Å². The Hall–Kier alpha value is -0.320. The van der Waals surface area contributed by atoms with E-state index in [1.54, 1.807) is 12.1 Å². The summed E-state index contributed by atoms with van der Waals surface area (Å²) >= 11 is 2.17. The van der Waals surface area contributed by atoms with Crippen LogP contribution in [-0.2, 0) is 6.42 Å². The molecule has 1 aromatic rings. The highest BCUT2D eigenvalue weighted by Crippen LogP contribution is 2.28. The fraction of sp³-hybridized carbons (Fsp3) is 0.333. The Balaban J connectivity index is 2.53. The van der Waals surface area contributed by atoms with E-state index in [2.05, 4.69) is 27.9 Å². The van der Waals surface area contributed by atoms with Crippen molar-refractivity contribution in [3.8, 4) is 0 Å². The summed E-state index contributed by atoms with van der Waals surface area (Å²) in [4.78, 5) is 0. The molecule has 0 aliphatic carbocycles. The maximum Gasteiger partial charge on any atom is 0.124 e. The van der Waals surface area contributed by atoms with Crippen LogP contribution in [0.5, 0.6) is 0 Å². The van der Waals surface area contributed by atoms with Crippen molar-refractivity contribution in [2.45, 2.75) is 12.8 Å². The minimum Gasteiger partial charge on any atom is -0.384 e. The van der Waals surface area contributed by atoms with Crippen molar-refractivity contribution in [3.05, 3.63) is 27.1 Å². The van der Waals surface area contributed by atoms with Crippen molar-refractivity contribution in [2.24, 2.45) is 0 Å². The Kier molecular flexibility index (Phi) is 2.21. The Bertz CT molecular complexity index is 312. The molecule has 0 amide bonds. The standard InChI is InChI=1S/C9H9FIN/c10-7-4-6-2-1-3-12-9(6)8(11)5-7/h4-5,12H,1-3H2. The summed E-state index contributed by atoms with van der Waals surface area (Å²) in [5.41, 5.74) is 2.24. The number of anilines is 1. The third-order valence-electron chi connectivity index (χ3n) is 2.06. The summed E-state index contributed by atoms with van der Waals surface area (Å²) in [6, 6.07) is 3.20. The second-order valence-corrected chi connectivity index (χ2v) is 4.11. The molecule has 3 heteroatoms. The first-order chi connectivity index (χ1) is 5.77. The molecule has 0 unspecified atom stereocenters. The number of benzene rings is 1. The number of rotatable bonds is 0. The van der Waals surface area contributed by atoms with Crippen LogP contribution in [0.1, 0.15) is 12.0 Å². The Morgan fingerprint density at radius 3 is 3.08 bits per heavy atom. The van der Waals surface area contributed by atoms with Crippen LogP contribution in [0.25, 0.3) is 0 Å². The normalized spacial score (nSPS) is 15.2. The first-order valence-corrected chi connectivity index (χ1v) is 5.07. The van der Waals surface area contributed by atoms with Crippen LogP contribution in [0.2, 0.25) is 0 Å². The van der Waals surface area contributed by atoms with Gasteiger partial charge in [-0.25, -0.2) is 4.39 Å². The van der Waals surface area contributed by atoms with Crippen LogP contribution in [0.3, 0.4) is 0 Å². The van der Waals surface area contributed by atoms with Crippen LogP contribution in [0.4, 0.5) is 10.1 Å². The quantitative estimate of drug-likeness (QED) is 0.719. The van der Waals surface area contributed by atoms with Gasteiger partial charge in [0.2, 0.25) is 0 Å². The molecular weight excluding hydrogens is 268 g/mol. The second-order valence-electron chi connectivity index (χ2n) is 2.95. The highest BCUT2D eigenvalue weighted by Gasteiger charge is 2.12. The van der Waals surface area contributed by atoms with E-state index in [-0.39, 0.29) is 5.82 Å². The van der Waals surface area contributed by atoms with Gasteiger partial charge in [-0.3, -0.25) is 0 Å². The molecule has 0 aromatic heterocycles. The summed E-state index contributed by atoms with van der Waals surface area (Å²) in [5.74, 6) is -0.123. The van der Waals surface area contributed by atoms with Gasteiger partial charge in [-0.1, -0.05) is 0 Å². The number of hydrogen-bond donors (Lipinski definition) is 1. The van der Waals surface area contributed by atoms with Crippen molar-refractivity contribution < 1.29 is 4.39 Å². The first kappa shape index (κ1) is 8.29. The van der Waals surface area contributed by atoms with E-state index in [9.17, 15) is 4.39 Å². The lowest BCUT2D eigenvalue weighted by atomic mass is 10.0. The summed E-state index contributed by atoms with van der Waals surface area (Å²) in [7, 11) is 0. The highest BCUT2D eigenvalue weighted by atomic mass is 127. The Morgan fingerprint density at radius 1 is 1.42 bits per heavy atom. The zero-order valence-electron chi connectivity index (χ0n) is 6.53. The fourth-order valence-electron chi connectivity index (χ4n) is 1.51. The smallest absolute Gasteiger partial charge is 0.124 e. The third-order valence-corrected chi connectivity index (χ3v) is 2.91. The molecule has 0 spiro atoms. The van der Waals surface area contributed by atoms with E-state index < -0.39 is 0 Å². The van der Waals surface area contributed by atoms with Gasteiger partial charge in [-0.15, -0.1) is 0 Å². The predicted octanol–water partition coefficient (Wildman–Crippen LogP) is 2.79. The zero-order chi connectivity index (χ0) is 8.55. The maximum atomic E-state index is 12.9. The maximum absolute atomic E-state index is 12.9. The van der Waals surface area contributed by atoms with Crippen molar-refractivity contribution >= 4 is 28.3 Å². The van der Waals surface area contributed by atoms with E-state index in [1.807, 2.05) is 0 Å². The molecule has 0 fully saturated rings. The molecule has 0 radical (unpaired) electrons. The highest BCUT2D eigenvalue weighted by molar-refractivity contribution is 14.1. The molecule has 0 bridgehead atoms. The van der Waals surface area contributed by atoms with Crippen LogP contribution >= 0.6 is 22.6 Å². The average molecular weight is 277 g/mol. The van der Waals surface area contributed by atoms with Gasteiger partial charge in [0.15, 0.2) is 0 Å². The van der Waals surface area contributed by atoms with Gasteiger partial charge < -0.3 is 5.32 Å². The SMILES string of the molecule is Fc1cc(I)c2c(c1)CCCN2. The molecule has 1 heterocycles. The largest absolute Gasteiger partial charge is 0.384 e. The molecule has 0 atom stereocenters. The molecule has 12 heavy (non-hydrogen) atoms. The number of fused-ring (bicyclic) bond motifs is 1. The number of hydrogen-bond acceptors (Lipinski definition) is 1. The zero-order valence-corrected chi connectivity index (χ0v) is 8.69. The molecule has 64 valence electrons. The molecule has 0 saturated heterocycles. The lowest BCUT2D eigenvalue weighted by Crippen LogP contribution is -2.13. The van der Waals surface area contributed by atoms with E-state index in [1.165, 1.54) is 0 Å². The topological polar surface area (TPSA) is 12.0 Å². The van der Waals surface area contributed by atoms with Gasteiger partial charge in [0.05, 0.1) is 5.69 Å². The number of nitrogens with one attached hydrogen (secondary N) is 1. The fourth-order valence-corrected chi connectivity index (χ4v) is 2.35. The van der Waals surface area contributed by atoms with Gasteiger partial charge >= 0.3 is 0 Å². The minimum atomic E-state index is -0.123. The molecule has 2 rings (SSSR count). The molecule has 1 aliphatic rings. The van der Waals surface area contributed by atoms with Crippen molar-refractivity contribution in [2.75, 3.05) is 11.9 Å². The average Bonchev–Trinajstić information content (AvgIpc) is 2.04. The van der Waals surface area contributed by atoms with Crippen LogP contribution in [-0.4, -0.2) is 6.54 Å². The molecule has 1 nitrogen and oxygen atoms in total. The molecule has 0 saturated carbocycles. The molecular formula is C9H9FIN. The number of halogens is 2. The summed E-state index contributed by atoms with van der Waals surface area (Å²) in [6.07, 6.45) is 2.10. The van der Waals surface area contributed by atoms with Gasteiger partial charge in [0.25, 0.3) is 0 Å². The first-order valence-electron chi connectivity index (χ1n) is 3.99. The van der Waals surface area contributed by atoms with Gasteiger partial charge in [-0.05, 0) is 53.1 Å². The number of aryl methyl sites for hydroxylation is 1. The van der Waals surface area contributed by atoms with Crippen LogP contribution in [0, 0.1) is 9.39 Å². The van der Waals surface area contributed by atoms with Gasteiger partial charge in [-0.2, -0.15) is 0 Å². The third kappa shape index (κ3) is 1.42. The Labute approximate surface area is 84.5 Å². The van der Waals surface area contributed by atoms with Gasteiger partial charge in [0, 0.05) is 10.1 Å². The van der Waals surface area contributed by atoms with Crippen molar-refractivity contribution in [1.29, 1.82) is 0 Å². The second kappa shape index (κ2) is 3.20. The summed E-state index contributed by atoms with van der Waals surface area (Å²) in [5, 5.41) is 3.28. The predicted molar refractivity (Wildman–Crippen MR) is 55.9 cm³/mol. The lowest BCUT2D eigenvalue weighted by molar-refractivity contribution is 0.622. The summed E-state index contributed by atoms with van der Waals surface area (Å²) < 4.78 is 13.9. The van der Waals surface area contributed by atoms with Crippen LogP contribution < -0.4 is 5.32 Å². The summed E-state index contributed by atoms with van der Waals surface area (Å²) in [6.45, 7) is 1.01. The molecule has 1 N–H and O–H groups in total. The van der Waals surface area contributed by atoms with E-state index in [0.717, 1.165) is 34.2 Å². The molecule has 1 aliphatic heterocycles. The molecule has 1 aromatic carbocycles. The van der Waals surface area contributed by atoms with E-state index in [4.69, 9.17) is 0 Å². The van der Waals surface area contributed by atoms with Crippen LogP contribution in [0.15, 0.2) is 12.1 Å². The lowest BCUT2D eigenvalue weighted by Gasteiger charge is -2.19. The van der Waals surface area contributed by atoms with Crippen molar-refractivity contribution in [1.82, 2.24) is 0 Å².